The summed E-state index contributed by atoms with van der Waals surface area (Å²) in [6.07, 6.45) is 10.6. The minimum atomic E-state index is -0.366. The zero-order chi connectivity index (χ0) is 34.2. The molecule has 1 saturated carbocycles. The number of nitrogens with one attached hydrogen (secondary N) is 1. The molecular formula is C42H50N2O5. The van der Waals surface area contributed by atoms with Crippen molar-refractivity contribution in [3.05, 3.63) is 111 Å². The second-order valence-corrected chi connectivity index (χ2v) is 14.1. The number of piperidine rings is 1. The second kappa shape index (κ2) is 16.3. The highest BCUT2D eigenvalue weighted by atomic mass is 16.5. The Hall–Kier alpha value is -4.39. The van der Waals surface area contributed by atoms with Gasteiger partial charge in [-0.3, -0.25) is 14.4 Å². The molecule has 4 aromatic rings. The largest absolute Gasteiger partial charge is 0.494 e. The molecule has 7 heteroatoms. The van der Waals surface area contributed by atoms with Crippen molar-refractivity contribution in [3.8, 4) is 5.75 Å². The fraction of sp³-hybridized carbons (Fsp3) is 0.452. The van der Waals surface area contributed by atoms with Crippen LogP contribution in [0.25, 0.3) is 11.0 Å². The molecule has 1 aliphatic carbocycles. The topological polar surface area (TPSA) is 88.8 Å². The summed E-state index contributed by atoms with van der Waals surface area (Å²) in [7, 11) is 0. The molecule has 2 heterocycles. The number of rotatable bonds is 13. The van der Waals surface area contributed by atoms with Crippen molar-refractivity contribution >= 4 is 22.8 Å². The second-order valence-electron chi connectivity index (χ2n) is 14.1. The fourth-order valence-corrected chi connectivity index (χ4v) is 7.55. The number of unbranched alkanes of at least 4 members (excludes halogenated alkanes) is 1. The first-order valence-electron chi connectivity index (χ1n) is 18.3. The van der Waals surface area contributed by atoms with Gasteiger partial charge in [0.1, 0.15) is 11.3 Å². The van der Waals surface area contributed by atoms with Crippen LogP contribution in [0.3, 0.4) is 0 Å². The Labute approximate surface area is 290 Å². The monoisotopic (exact) mass is 662 g/mol. The third-order valence-corrected chi connectivity index (χ3v) is 10.4. The molecule has 2 amide bonds. The lowest BCUT2D eigenvalue weighted by Crippen LogP contribution is -2.38. The first-order valence-corrected chi connectivity index (χ1v) is 18.3. The molecule has 1 aliphatic heterocycles. The lowest BCUT2D eigenvalue weighted by atomic mass is 9.75. The number of carbonyl (C=O) groups excluding carboxylic acids is 2. The van der Waals surface area contributed by atoms with Gasteiger partial charge in [0.25, 0.3) is 5.91 Å². The number of likely N-dealkylation sites (tertiary alicyclic amines) is 1. The van der Waals surface area contributed by atoms with Crippen molar-refractivity contribution in [2.45, 2.75) is 103 Å². The maximum atomic E-state index is 13.6. The first-order chi connectivity index (χ1) is 23.9. The number of amides is 2. The molecule has 0 unspecified atom stereocenters. The minimum absolute atomic E-state index is 0.0264. The van der Waals surface area contributed by atoms with Crippen LogP contribution in [0.2, 0.25) is 0 Å². The number of hydrogen-bond acceptors (Lipinski definition) is 5. The molecule has 0 spiro atoms. The quantitative estimate of drug-likeness (QED) is 0.145. The van der Waals surface area contributed by atoms with Gasteiger partial charge in [-0.25, -0.2) is 0 Å². The van der Waals surface area contributed by atoms with Crippen molar-refractivity contribution in [1.29, 1.82) is 0 Å². The van der Waals surface area contributed by atoms with Crippen LogP contribution in [0.4, 0.5) is 0 Å². The number of ether oxygens (including phenoxy) is 1. The highest BCUT2D eigenvalue weighted by Gasteiger charge is 2.28. The Bertz CT molecular complexity index is 1790. The van der Waals surface area contributed by atoms with Crippen LogP contribution in [0, 0.1) is 12.8 Å². The van der Waals surface area contributed by atoms with Crippen LogP contribution in [-0.4, -0.2) is 35.9 Å². The van der Waals surface area contributed by atoms with Gasteiger partial charge in [0, 0.05) is 31.6 Å². The Morgan fingerprint density at radius 3 is 2.55 bits per heavy atom. The van der Waals surface area contributed by atoms with Crippen molar-refractivity contribution < 1.29 is 18.7 Å². The van der Waals surface area contributed by atoms with Crippen molar-refractivity contribution in [2.75, 3.05) is 13.2 Å². The summed E-state index contributed by atoms with van der Waals surface area (Å²) in [5.74, 6) is 1.50. The lowest BCUT2D eigenvalue weighted by Gasteiger charge is -2.33. The van der Waals surface area contributed by atoms with Gasteiger partial charge in [-0.1, -0.05) is 67.4 Å². The van der Waals surface area contributed by atoms with E-state index in [9.17, 15) is 14.4 Å². The lowest BCUT2D eigenvalue weighted by molar-refractivity contribution is -0.133. The van der Waals surface area contributed by atoms with E-state index in [-0.39, 0.29) is 29.0 Å². The molecule has 1 atom stereocenters. The van der Waals surface area contributed by atoms with Crippen molar-refractivity contribution in [1.82, 2.24) is 10.2 Å². The Morgan fingerprint density at radius 1 is 0.980 bits per heavy atom. The highest BCUT2D eigenvalue weighted by molar-refractivity contribution is 5.93. The fourth-order valence-electron chi connectivity index (χ4n) is 7.55. The number of benzene rings is 3. The van der Waals surface area contributed by atoms with Crippen LogP contribution in [0.1, 0.15) is 110 Å². The van der Waals surface area contributed by atoms with Gasteiger partial charge in [-0.2, -0.15) is 0 Å². The predicted octanol–water partition coefficient (Wildman–Crippen LogP) is 8.50. The van der Waals surface area contributed by atoms with Crippen LogP contribution in [0.5, 0.6) is 5.75 Å². The molecule has 49 heavy (non-hydrogen) atoms. The van der Waals surface area contributed by atoms with E-state index in [0.717, 1.165) is 64.3 Å². The summed E-state index contributed by atoms with van der Waals surface area (Å²) < 4.78 is 11.8. The molecule has 1 aromatic heterocycles. The van der Waals surface area contributed by atoms with Crippen LogP contribution in [-0.2, 0) is 17.8 Å². The first kappa shape index (κ1) is 34.5. The average Bonchev–Trinajstić information content (AvgIpc) is 3.11. The van der Waals surface area contributed by atoms with Gasteiger partial charge in [0.15, 0.2) is 11.2 Å². The molecule has 1 N–H and O–H groups in total. The number of nitrogens with zero attached hydrogens (tertiary/aromatic N) is 1. The number of carbonyl (C=O) groups is 2. The molecule has 7 nitrogen and oxygen atoms in total. The summed E-state index contributed by atoms with van der Waals surface area (Å²) in [5.41, 5.74) is 5.15. The summed E-state index contributed by atoms with van der Waals surface area (Å²) in [4.78, 5) is 41.3. The third kappa shape index (κ3) is 9.00. The van der Waals surface area contributed by atoms with Crippen LogP contribution >= 0.6 is 0 Å². The maximum Gasteiger partial charge on any atom is 0.287 e. The number of aryl methyl sites for hydroxylation is 1. The third-order valence-electron chi connectivity index (χ3n) is 10.4. The summed E-state index contributed by atoms with van der Waals surface area (Å²) in [6, 6.07) is 23.5. The van der Waals surface area contributed by atoms with E-state index in [0.29, 0.717) is 54.5 Å². The average molecular weight is 663 g/mol. The standard InChI is InChI=1S/C42H50N2O5/c1-3-4-23-48-35-20-21-39-37(26-35)38(45)27-40(49-39)42(47)43-34(24-30-14-12-29(2)13-15-30)25-31-16-18-32(19-17-31)36-10-6-5-9-33(36)28-44-22-8-7-11-41(44)46/h5-6,9-10,12-15,20-21,26-27,31-32,34H,3-4,7-8,11,16-19,22-25,28H2,1-2H3,(H,43,47)/t31?,32?,34-/m0/s1. The predicted molar refractivity (Wildman–Crippen MR) is 194 cm³/mol. The van der Waals surface area contributed by atoms with E-state index < -0.39 is 0 Å². The van der Waals surface area contributed by atoms with Crippen molar-refractivity contribution in [3.63, 3.8) is 0 Å². The zero-order valence-corrected chi connectivity index (χ0v) is 29.0. The normalized spacial score (nSPS) is 18.7. The minimum Gasteiger partial charge on any atom is -0.494 e. The van der Waals surface area contributed by atoms with E-state index in [1.165, 1.54) is 28.3 Å². The molecule has 6 rings (SSSR count). The molecule has 0 bridgehead atoms. The number of hydrogen-bond donors (Lipinski definition) is 1. The van der Waals surface area contributed by atoms with E-state index in [4.69, 9.17) is 9.15 Å². The van der Waals surface area contributed by atoms with E-state index in [1.54, 1.807) is 18.2 Å². The highest BCUT2D eigenvalue weighted by Crippen LogP contribution is 2.39. The van der Waals surface area contributed by atoms with Gasteiger partial charge in [0.2, 0.25) is 5.91 Å². The zero-order valence-electron chi connectivity index (χ0n) is 29.0. The van der Waals surface area contributed by atoms with Gasteiger partial charge in [0.05, 0.1) is 12.0 Å². The van der Waals surface area contributed by atoms with Crippen molar-refractivity contribution in [2.24, 2.45) is 5.92 Å². The van der Waals surface area contributed by atoms with Gasteiger partial charge in [-0.15, -0.1) is 0 Å². The van der Waals surface area contributed by atoms with E-state index in [2.05, 4.69) is 67.7 Å². The summed E-state index contributed by atoms with van der Waals surface area (Å²) in [6.45, 7) is 6.33. The van der Waals surface area contributed by atoms with E-state index >= 15 is 0 Å². The van der Waals surface area contributed by atoms with Crippen LogP contribution in [0.15, 0.2) is 82.0 Å². The number of fused-ring (bicyclic) bond motifs is 1. The van der Waals surface area contributed by atoms with E-state index in [1.807, 2.05) is 4.90 Å². The molecule has 2 fully saturated rings. The molecule has 2 aliphatic rings. The molecular weight excluding hydrogens is 612 g/mol. The smallest absolute Gasteiger partial charge is 0.287 e. The van der Waals surface area contributed by atoms with Gasteiger partial charge < -0.3 is 19.4 Å². The molecule has 258 valence electrons. The molecule has 0 radical (unpaired) electrons. The SMILES string of the molecule is CCCCOc1ccc2oc(C(=O)N[C@@H](Cc3ccc(C)cc3)CC3CCC(c4ccccc4CN4CCCCC4=O)CC3)cc(=O)c2c1. The van der Waals surface area contributed by atoms with Gasteiger partial charge >= 0.3 is 0 Å². The Balaban J connectivity index is 1.13. The summed E-state index contributed by atoms with van der Waals surface area (Å²) in [5, 5.41) is 3.65. The molecule has 1 saturated heterocycles. The van der Waals surface area contributed by atoms with Gasteiger partial charge in [-0.05, 0) is 111 Å². The summed E-state index contributed by atoms with van der Waals surface area (Å²) >= 11 is 0. The Kier molecular flexibility index (Phi) is 11.5. The Morgan fingerprint density at radius 2 is 1.78 bits per heavy atom. The maximum absolute atomic E-state index is 13.6. The molecule has 3 aromatic carbocycles. The van der Waals surface area contributed by atoms with Crippen LogP contribution < -0.4 is 15.5 Å².